The Bertz CT molecular complexity index is 532. The average Bonchev–Trinajstić information content (AvgIpc) is 2.68. The van der Waals surface area contributed by atoms with Gasteiger partial charge in [0.1, 0.15) is 12.4 Å². The maximum Gasteiger partial charge on any atom is 0.132 e. The van der Waals surface area contributed by atoms with Crippen LogP contribution >= 0.6 is 0 Å². The van der Waals surface area contributed by atoms with E-state index >= 15 is 0 Å². The Balaban J connectivity index is 2.13. The first kappa shape index (κ1) is 12.5. The lowest BCUT2D eigenvalue weighted by atomic mass is 10.2. The van der Waals surface area contributed by atoms with Gasteiger partial charge in [-0.15, -0.1) is 0 Å². The van der Waals surface area contributed by atoms with E-state index in [4.69, 9.17) is 10.5 Å². The van der Waals surface area contributed by atoms with E-state index in [1.807, 2.05) is 35.9 Å². The van der Waals surface area contributed by atoms with Crippen LogP contribution < -0.4 is 10.5 Å². The molecular weight excluding hydrogens is 226 g/mol. The maximum atomic E-state index is 5.91. The van der Waals surface area contributed by atoms with Crippen LogP contribution in [0.3, 0.4) is 0 Å². The van der Waals surface area contributed by atoms with E-state index in [2.05, 4.69) is 18.9 Å². The third-order valence-corrected chi connectivity index (χ3v) is 2.79. The summed E-state index contributed by atoms with van der Waals surface area (Å²) in [5, 5.41) is 4.26. The summed E-state index contributed by atoms with van der Waals surface area (Å²) in [7, 11) is 0. The number of anilines is 1. The Morgan fingerprint density at radius 2 is 2.17 bits per heavy atom. The molecule has 1 aromatic carbocycles. The summed E-state index contributed by atoms with van der Waals surface area (Å²) >= 11 is 0. The summed E-state index contributed by atoms with van der Waals surface area (Å²) in [4.78, 5) is 0. The van der Waals surface area contributed by atoms with Gasteiger partial charge in [0.15, 0.2) is 0 Å². The van der Waals surface area contributed by atoms with Crippen molar-refractivity contribution >= 4 is 5.69 Å². The smallest absolute Gasteiger partial charge is 0.132 e. The van der Waals surface area contributed by atoms with Crippen LogP contribution in [0, 0.1) is 6.92 Å². The third kappa shape index (κ3) is 2.64. The molecule has 0 spiro atoms. The van der Waals surface area contributed by atoms with Crippen molar-refractivity contribution in [1.29, 1.82) is 0 Å². The molecule has 96 valence electrons. The quantitative estimate of drug-likeness (QED) is 0.901. The van der Waals surface area contributed by atoms with Crippen molar-refractivity contribution in [3.8, 4) is 5.75 Å². The minimum Gasteiger partial charge on any atom is -0.487 e. The van der Waals surface area contributed by atoms with Crippen LogP contribution in [0.1, 0.15) is 31.1 Å². The number of rotatable bonds is 4. The second-order valence-electron chi connectivity index (χ2n) is 4.69. The molecular formula is C14H19N3O. The van der Waals surface area contributed by atoms with Gasteiger partial charge in [-0.2, -0.15) is 5.10 Å². The van der Waals surface area contributed by atoms with Gasteiger partial charge in [-0.3, -0.25) is 4.68 Å². The van der Waals surface area contributed by atoms with Crippen LogP contribution in [0.4, 0.5) is 5.69 Å². The summed E-state index contributed by atoms with van der Waals surface area (Å²) in [6.07, 6.45) is 1.68. The highest BCUT2D eigenvalue weighted by atomic mass is 16.5. The average molecular weight is 245 g/mol. The highest BCUT2D eigenvalue weighted by Crippen LogP contribution is 2.19. The second kappa shape index (κ2) is 5.12. The van der Waals surface area contributed by atoms with Gasteiger partial charge >= 0.3 is 0 Å². The lowest BCUT2D eigenvalue weighted by molar-refractivity contribution is 0.288. The van der Waals surface area contributed by atoms with Gasteiger partial charge < -0.3 is 10.5 Å². The molecule has 0 unspecified atom stereocenters. The normalized spacial score (nSPS) is 10.9. The van der Waals surface area contributed by atoms with Crippen molar-refractivity contribution in [2.45, 2.75) is 33.4 Å². The van der Waals surface area contributed by atoms with E-state index in [0.717, 1.165) is 11.4 Å². The third-order valence-electron chi connectivity index (χ3n) is 2.79. The number of nitrogen functional groups attached to an aromatic ring is 1. The lowest BCUT2D eigenvalue weighted by Gasteiger charge is -2.13. The largest absolute Gasteiger partial charge is 0.487 e. The number of aryl methyl sites for hydroxylation is 1. The monoisotopic (exact) mass is 245 g/mol. The van der Waals surface area contributed by atoms with Gasteiger partial charge in [0.05, 0.1) is 17.6 Å². The van der Waals surface area contributed by atoms with Gasteiger partial charge in [-0.1, -0.05) is 12.1 Å². The molecule has 0 atom stereocenters. The standard InChI is InChI=1S/C14H19N3O/c1-10(2)17-14(13(15)8-16-17)9-18-12-6-4-5-11(3)7-12/h4-8,10H,9,15H2,1-3H3. The number of hydrogen-bond acceptors (Lipinski definition) is 3. The molecule has 2 N–H and O–H groups in total. The van der Waals surface area contributed by atoms with Crippen LogP contribution in [-0.2, 0) is 6.61 Å². The highest BCUT2D eigenvalue weighted by molar-refractivity contribution is 5.41. The van der Waals surface area contributed by atoms with E-state index in [0.29, 0.717) is 12.3 Å². The van der Waals surface area contributed by atoms with Crippen LogP contribution in [0.2, 0.25) is 0 Å². The molecule has 2 rings (SSSR count). The fourth-order valence-corrected chi connectivity index (χ4v) is 1.85. The number of nitrogens with two attached hydrogens (primary N) is 1. The highest BCUT2D eigenvalue weighted by Gasteiger charge is 2.11. The van der Waals surface area contributed by atoms with Crippen molar-refractivity contribution in [2.24, 2.45) is 0 Å². The molecule has 0 radical (unpaired) electrons. The van der Waals surface area contributed by atoms with Gasteiger partial charge in [0, 0.05) is 6.04 Å². The number of hydrogen-bond donors (Lipinski definition) is 1. The Hall–Kier alpha value is -1.97. The van der Waals surface area contributed by atoms with E-state index in [1.54, 1.807) is 6.20 Å². The van der Waals surface area contributed by atoms with Gasteiger partial charge in [-0.25, -0.2) is 0 Å². The van der Waals surface area contributed by atoms with Crippen molar-refractivity contribution < 1.29 is 4.74 Å². The molecule has 18 heavy (non-hydrogen) atoms. The van der Waals surface area contributed by atoms with Crippen molar-refractivity contribution in [2.75, 3.05) is 5.73 Å². The molecule has 4 nitrogen and oxygen atoms in total. The minimum atomic E-state index is 0.276. The molecule has 0 aliphatic rings. The predicted octanol–water partition coefficient (Wildman–Crippen LogP) is 2.93. The predicted molar refractivity (Wildman–Crippen MR) is 72.5 cm³/mol. The van der Waals surface area contributed by atoms with Crippen molar-refractivity contribution in [3.63, 3.8) is 0 Å². The molecule has 1 aromatic heterocycles. The molecule has 0 bridgehead atoms. The zero-order valence-electron chi connectivity index (χ0n) is 11.1. The summed E-state index contributed by atoms with van der Waals surface area (Å²) in [6.45, 7) is 6.62. The summed E-state index contributed by atoms with van der Waals surface area (Å²) in [5.41, 5.74) is 8.69. The number of benzene rings is 1. The minimum absolute atomic E-state index is 0.276. The molecule has 0 aliphatic carbocycles. The van der Waals surface area contributed by atoms with Crippen molar-refractivity contribution in [1.82, 2.24) is 9.78 Å². The molecule has 0 saturated heterocycles. The zero-order chi connectivity index (χ0) is 13.1. The Morgan fingerprint density at radius 1 is 1.39 bits per heavy atom. The molecule has 2 aromatic rings. The SMILES string of the molecule is Cc1cccc(OCc2c(N)cnn2C(C)C)c1. The number of nitrogens with zero attached hydrogens (tertiary/aromatic N) is 2. The van der Waals surface area contributed by atoms with Gasteiger partial charge in [0.25, 0.3) is 0 Å². The van der Waals surface area contributed by atoms with E-state index < -0.39 is 0 Å². The topological polar surface area (TPSA) is 53.1 Å². The maximum absolute atomic E-state index is 5.91. The fourth-order valence-electron chi connectivity index (χ4n) is 1.85. The van der Waals surface area contributed by atoms with Crippen molar-refractivity contribution in [3.05, 3.63) is 41.7 Å². The zero-order valence-corrected chi connectivity index (χ0v) is 11.1. The molecule has 0 aliphatic heterocycles. The van der Waals surface area contributed by atoms with E-state index in [1.165, 1.54) is 5.56 Å². The van der Waals surface area contributed by atoms with E-state index in [-0.39, 0.29) is 6.04 Å². The lowest BCUT2D eigenvalue weighted by Crippen LogP contribution is -2.11. The first-order chi connectivity index (χ1) is 8.58. The van der Waals surface area contributed by atoms with Gasteiger partial charge in [-0.05, 0) is 38.5 Å². The fraction of sp³-hybridized carbons (Fsp3) is 0.357. The van der Waals surface area contributed by atoms with Crippen LogP contribution in [0.15, 0.2) is 30.5 Å². The molecule has 0 fully saturated rings. The second-order valence-corrected chi connectivity index (χ2v) is 4.69. The number of ether oxygens (including phenoxy) is 1. The van der Waals surface area contributed by atoms with Crippen LogP contribution in [0.25, 0.3) is 0 Å². The van der Waals surface area contributed by atoms with Crippen LogP contribution in [0.5, 0.6) is 5.75 Å². The van der Waals surface area contributed by atoms with Gasteiger partial charge in [0.2, 0.25) is 0 Å². The first-order valence-electron chi connectivity index (χ1n) is 6.09. The summed E-state index contributed by atoms with van der Waals surface area (Å²) < 4.78 is 7.66. The molecule has 4 heteroatoms. The molecule has 1 heterocycles. The van der Waals surface area contributed by atoms with E-state index in [9.17, 15) is 0 Å². The van der Waals surface area contributed by atoms with Crippen LogP contribution in [-0.4, -0.2) is 9.78 Å². The summed E-state index contributed by atoms with van der Waals surface area (Å²) in [5.74, 6) is 0.853. The number of aromatic nitrogens is 2. The first-order valence-corrected chi connectivity index (χ1v) is 6.09. The Labute approximate surface area is 107 Å². The summed E-state index contributed by atoms with van der Waals surface area (Å²) in [6, 6.07) is 8.25. The Morgan fingerprint density at radius 3 is 2.83 bits per heavy atom. The molecule has 0 amide bonds. The molecule has 0 saturated carbocycles. The Kier molecular flexibility index (Phi) is 3.55.